The van der Waals surface area contributed by atoms with Gasteiger partial charge in [-0.25, -0.2) is 0 Å². The minimum atomic E-state index is -0.551. The third-order valence-electron chi connectivity index (χ3n) is 3.77. The summed E-state index contributed by atoms with van der Waals surface area (Å²) >= 11 is 0. The highest BCUT2D eigenvalue weighted by atomic mass is 16.5. The molecule has 4 heteroatoms. The predicted molar refractivity (Wildman–Crippen MR) is 100 cm³/mol. The van der Waals surface area contributed by atoms with Crippen LogP contribution in [0.2, 0.25) is 0 Å². The average molecular weight is 341 g/mol. The number of rotatable bonds is 7. The van der Waals surface area contributed by atoms with Gasteiger partial charge in [-0.15, -0.1) is 0 Å². The summed E-state index contributed by atoms with van der Waals surface area (Å²) in [4.78, 5) is 12.3. The molecule has 1 atom stereocenters. The lowest BCUT2D eigenvalue weighted by Gasteiger charge is -2.17. The zero-order valence-corrected chi connectivity index (χ0v) is 15.6. The lowest BCUT2D eigenvalue weighted by Crippen LogP contribution is -2.36. The first kappa shape index (κ1) is 18.8. The summed E-state index contributed by atoms with van der Waals surface area (Å²) in [6.45, 7) is 10.2. The van der Waals surface area contributed by atoms with Gasteiger partial charge in [-0.1, -0.05) is 29.8 Å². The monoisotopic (exact) mass is 341 g/mol. The first-order chi connectivity index (χ1) is 11.8. The van der Waals surface area contributed by atoms with Gasteiger partial charge in [-0.3, -0.25) is 4.79 Å². The summed E-state index contributed by atoms with van der Waals surface area (Å²) in [5.74, 6) is 1.43. The SMILES string of the molecule is Cc1ccc(OC(C)C(=O)NCc2ccc(OC(C)C)cc2)c(C)c1. The van der Waals surface area contributed by atoms with Gasteiger partial charge in [0, 0.05) is 6.54 Å². The van der Waals surface area contributed by atoms with Crippen molar-refractivity contribution >= 4 is 5.91 Å². The van der Waals surface area contributed by atoms with E-state index in [-0.39, 0.29) is 12.0 Å². The van der Waals surface area contributed by atoms with Gasteiger partial charge in [0.2, 0.25) is 0 Å². The Balaban J connectivity index is 1.86. The maximum atomic E-state index is 12.3. The molecule has 0 aromatic heterocycles. The molecule has 0 bridgehead atoms. The molecule has 1 unspecified atom stereocenters. The molecule has 2 aromatic rings. The van der Waals surface area contributed by atoms with Crippen molar-refractivity contribution in [1.29, 1.82) is 0 Å². The minimum absolute atomic E-state index is 0.137. The van der Waals surface area contributed by atoms with Crippen LogP contribution in [-0.4, -0.2) is 18.1 Å². The van der Waals surface area contributed by atoms with E-state index in [0.717, 1.165) is 22.6 Å². The molecular formula is C21H27NO3. The Kier molecular flexibility index (Phi) is 6.45. The van der Waals surface area contributed by atoms with Crippen LogP contribution in [-0.2, 0) is 11.3 Å². The molecule has 0 saturated heterocycles. The number of amides is 1. The molecule has 0 aliphatic rings. The van der Waals surface area contributed by atoms with Crippen LogP contribution in [0.4, 0.5) is 0 Å². The summed E-state index contributed by atoms with van der Waals surface area (Å²) in [7, 11) is 0. The van der Waals surface area contributed by atoms with E-state index in [1.165, 1.54) is 5.56 Å². The standard InChI is InChI=1S/C21H27NO3/c1-14(2)24-19-9-7-18(8-10-19)13-22-21(23)17(5)25-20-11-6-15(3)12-16(20)4/h6-12,14,17H,13H2,1-5H3,(H,22,23). The van der Waals surface area contributed by atoms with Crippen molar-refractivity contribution in [3.8, 4) is 11.5 Å². The van der Waals surface area contributed by atoms with Crippen molar-refractivity contribution in [2.45, 2.75) is 53.4 Å². The molecule has 0 spiro atoms. The van der Waals surface area contributed by atoms with Crippen molar-refractivity contribution in [1.82, 2.24) is 5.32 Å². The molecule has 134 valence electrons. The lowest BCUT2D eigenvalue weighted by molar-refractivity contribution is -0.127. The summed E-state index contributed by atoms with van der Waals surface area (Å²) < 4.78 is 11.4. The average Bonchev–Trinajstić information content (AvgIpc) is 2.56. The number of hydrogen-bond donors (Lipinski definition) is 1. The Labute approximate surface area is 150 Å². The van der Waals surface area contributed by atoms with Gasteiger partial charge in [-0.2, -0.15) is 0 Å². The number of aryl methyl sites for hydroxylation is 2. The highest BCUT2D eigenvalue weighted by Gasteiger charge is 2.15. The maximum Gasteiger partial charge on any atom is 0.261 e. The lowest BCUT2D eigenvalue weighted by atomic mass is 10.1. The molecular weight excluding hydrogens is 314 g/mol. The third-order valence-corrected chi connectivity index (χ3v) is 3.77. The molecule has 0 radical (unpaired) electrons. The number of carbonyl (C=O) groups excluding carboxylic acids is 1. The van der Waals surface area contributed by atoms with Gasteiger partial charge < -0.3 is 14.8 Å². The van der Waals surface area contributed by atoms with Crippen molar-refractivity contribution in [2.24, 2.45) is 0 Å². The Morgan fingerprint density at radius 3 is 2.28 bits per heavy atom. The fraction of sp³-hybridized carbons (Fsp3) is 0.381. The van der Waals surface area contributed by atoms with Crippen LogP contribution >= 0.6 is 0 Å². The van der Waals surface area contributed by atoms with E-state index < -0.39 is 6.10 Å². The zero-order chi connectivity index (χ0) is 18.4. The van der Waals surface area contributed by atoms with E-state index >= 15 is 0 Å². The smallest absolute Gasteiger partial charge is 0.261 e. The van der Waals surface area contributed by atoms with E-state index in [2.05, 4.69) is 5.32 Å². The Morgan fingerprint density at radius 2 is 1.68 bits per heavy atom. The molecule has 0 aliphatic heterocycles. The van der Waals surface area contributed by atoms with E-state index in [4.69, 9.17) is 9.47 Å². The second-order valence-corrected chi connectivity index (χ2v) is 6.56. The van der Waals surface area contributed by atoms with Crippen LogP contribution in [0, 0.1) is 13.8 Å². The molecule has 0 aliphatic carbocycles. The van der Waals surface area contributed by atoms with E-state index in [0.29, 0.717) is 6.54 Å². The molecule has 2 aromatic carbocycles. The number of carbonyl (C=O) groups is 1. The van der Waals surface area contributed by atoms with E-state index in [9.17, 15) is 4.79 Å². The molecule has 2 rings (SSSR count). The Morgan fingerprint density at radius 1 is 1.00 bits per heavy atom. The van der Waals surface area contributed by atoms with Crippen LogP contribution < -0.4 is 14.8 Å². The second kappa shape index (κ2) is 8.56. The zero-order valence-electron chi connectivity index (χ0n) is 15.6. The number of ether oxygens (including phenoxy) is 2. The topological polar surface area (TPSA) is 47.6 Å². The van der Waals surface area contributed by atoms with Crippen LogP contribution in [0.1, 0.15) is 37.5 Å². The van der Waals surface area contributed by atoms with Crippen LogP contribution in [0.3, 0.4) is 0 Å². The first-order valence-electron chi connectivity index (χ1n) is 8.62. The summed E-state index contributed by atoms with van der Waals surface area (Å²) in [5, 5.41) is 2.91. The second-order valence-electron chi connectivity index (χ2n) is 6.56. The van der Waals surface area contributed by atoms with Gasteiger partial charge in [0.25, 0.3) is 5.91 Å². The van der Waals surface area contributed by atoms with Gasteiger partial charge in [0.05, 0.1) is 6.10 Å². The summed E-state index contributed by atoms with van der Waals surface area (Å²) in [6.07, 6.45) is -0.404. The van der Waals surface area contributed by atoms with Crippen molar-refractivity contribution < 1.29 is 14.3 Å². The van der Waals surface area contributed by atoms with Gasteiger partial charge in [0.1, 0.15) is 11.5 Å². The molecule has 1 amide bonds. The van der Waals surface area contributed by atoms with Gasteiger partial charge >= 0.3 is 0 Å². The fourth-order valence-electron chi connectivity index (χ4n) is 2.47. The third kappa shape index (κ3) is 5.82. The van der Waals surface area contributed by atoms with Gasteiger partial charge in [-0.05, 0) is 63.9 Å². The quantitative estimate of drug-likeness (QED) is 0.822. The van der Waals surface area contributed by atoms with Crippen molar-refractivity contribution in [3.63, 3.8) is 0 Å². The molecule has 0 saturated carbocycles. The minimum Gasteiger partial charge on any atom is -0.491 e. The Bertz CT molecular complexity index is 708. The predicted octanol–water partition coefficient (Wildman–Crippen LogP) is 4.17. The van der Waals surface area contributed by atoms with Gasteiger partial charge in [0.15, 0.2) is 6.10 Å². The van der Waals surface area contributed by atoms with Crippen molar-refractivity contribution in [2.75, 3.05) is 0 Å². The van der Waals surface area contributed by atoms with Crippen molar-refractivity contribution in [3.05, 3.63) is 59.2 Å². The van der Waals surface area contributed by atoms with Crippen LogP contribution in [0.15, 0.2) is 42.5 Å². The van der Waals surface area contributed by atoms with E-state index in [1.54, 1.807) is 6.92 Å². The van der Waals surface area contributed by atoms with E-state index in [1.807, 2.05) is 70.2 Å². The molecule has 0 heterocycles. The van der Waals surface area contributed by atoms with Crippen LogP contribution in [0.5, 0.6) is 11.5 Å². The largest absolute Gasteiger partial charge is 0.491 e. The fourth-order valence-corrected chi connectivity index (χ4v) is 2.47. The number of benzene rings is 2. The van der Waals surface area contributed by atoms with Crippen LogP contribution in [0.25, 0.3) is 0 Å². The highest BCUT2D eigenvalue weighted by molar-refractivity contribution is 5.80. The molecule has 4 nitrogen and oxygen atoms in total. The molecule has 1 N–H and O–H groups in total. The number of nitrogens with one attached hydrogen (secondary N) is 1. The molecule has 25 heavy (non-hydrogen) atoms. The Hall–Kier alpha value is -2.49. The summed E-state index contributed by atoms with van der Waals surface area (Å²) in [5.41, 5.74) is 3.22. The normalized spacial score (nSPS) is 11.9. The molecule has 0 fully saturated rings. The summed E-state index contributed by atoms with van der Waals surface area (Å²) in [6, 6.07) is 13.7. The highest BCUT2D eigenvalue weighted by Crippen LogP contribution is 2.20. The number of hydrogen-bond acceptors (Lipinski definition) is 3. The maximum absolute atomic E-state index is 12.3. The first-order valence-corrected chi connectivity index (χ1v) is 8.62.